The van der Waals surface area contributed by atoms with Crippen LogP contribution in [0.2, 0.25) is 0 Å². The van der Waals surface area contributed by atoms with Gasteiger partial charge in [0, 0.05) is 29.9 Å². The van der Waals surface area contributed by atoms with Crippen LogP contribution in [0.15, 0.2) is 53.3 Å². The van der Waals surface area contributed by atoms with Crippen LogP contribution in [-0.2, 0) is 24.3 Å². The average Bonchev–Trinajstić information content (AvgIpc) is 3.55. The predicted molar refractivity (Wildman–Crippen MR) is 139 cm³/mol. The van der Waals surface area contributed by atoms with Crippen LogP contribution in [0.3, 0.4) is 0 Å². The van der Waals surface area contributed by atoms with E-state index in [-0.39, 0.29) is 59.8 Å². The highest BCUT2D eigenvalue weighted by Crippen LogP contribution is 2.47. The molecule has 10 heteroatoms. The van der Waals surface area contributed by atoms with Crippen molar-refractivity contribution < 1.29 is 27.8 Å². The number of carbonyl (C=O) groups excluding carboxylic acids is 2. The van der Waals surface area contributed by atoms with E-state index in [0.29, 0.717) is 18.5 Å². The SMILES string of the molecule is O=C(NCc1ccc(F)cc1F)c1c2n3c(c(OCc4ccccc4)c1=O)C(=O)N1C4CCC(C4)OC1C3CC2. The third-order valence-corrected chi connectivity index (χ3v) is 8.51. The molecule has 2 amide bonds. The Kier molecular flexibility index (Phi) is 5.96. The van der Waals surface area contributed by atoms with E-state index < -0.39 is 29.2 Å². The third-order valence-electron chi connectivity index (χ3n) is 8.51. The zero-order chi connectivity index (χ0) is 27.5. The number of benzene rings is 2. The zero-order valence-electron chi connectivity index (χ0n) is 21.6. The van der Waals surface area contributed by atoms with Gasteiger partial charge in [-0.2, -0.15) is 0 Å². The molecule has 3 aromatic rings. The van der Waals surface area contributed by atoms with Crippen LogP contribution in [-0.4, -0.2) is 39.7 Å². The molecule has 7 rings (SSSR count). The van der Waals surface area contributed by atoms with Gasteiger partial charge in [0.05, 0.1) is 12.1 Å². The summed E-state index contributed by atoms with van der Waals surface area (Å²) in [6.07, 6.45) is 3.10. The summed E-state index contributed by atoms with van der Waals surface area (Å²) in [5, 5.41) is 2.61. The second-order valence-corrected chi connectivity index (χ2v) is 10.8. The van der Waals surface area contributed by atoms with Gasteiger partial charge in [-0.15, -0.1) is 0 Å². The van der Waals surface area contributed by atoms with E-state index in [0.717, 1.165) is 37.0 Å². The first-order valence-electron chi connectivity index (χ1n) is 13.6. The number of hydrogen-bond acceptors (Lipinski definition) is 5. The number of rotatable bonds is 6. The summed E-state index contributed by atoms with van der Waals surface area (Å²) in [5.41, 5.74) is 0.684. The maximum atomic E-state index is 14.2. The van der Waals surface area contributed by atoms with Crippen molar-refractivity contribution >= 4 is 11.8 Å². The van der Waals surface area contributed by atoms with Crippen molar-refractivity contribution in [3.8, 4) is 5.75 Å². The molecule has 4 aliphatic rings. The molecule has 4 heterocycles. The summed E-state index contributed by atoms with van der Waals surface area (Å²) >= 11 is 0. The molecule has 1 saturated carbocycles. The van der Waals surface area contributed by atoms with Crippen LogP contribution in [0.25, 0.3) is 0 Å². The van der Waals surface area contributed by atoms with Gasteiger partial charge in [-0.3, -0.25) is 14.4 Å². The number of nitrogens with one attached hydrogen (secondary N) is 1. The Morgan fingerprint density at radius 1 is 1.07 bits per heavy atom. The fourth-order valence-electron chi connectivity index (χ4n) is 6.68. The molecule has 4 atom stereocenters. The molecule has 0 spiro atoms. The predicted octanol–water partition coefficient (Wildman–Crippen LogP) is 3.86. The van der Waals surface area contributed by atoms with Crippen LogP contribution >= 0.6 is 0 Å². The number of pyridine rings is 1. The topological polar surface area (TPSA) is 89.9 Å². The van der Waals surface area contributed by atoms with Crippen molar-refractivity contribution in [1.82, 2.24) is 14.8 Å². The van der Waals surface area contributed by atoms with Gasteiger partial charge >= 0.3 is 0 Å². The minimum Gasteiger partial charge on any atom is -0.483 e. The molecule has 1 aromatic heterocycles. The molecule has 3 aliphatic heterocycles. The lowest BCUT2D eigenvalue weighted by Crippen LogP contribution is -2.58. The molecule has 4 unspecified atom stereocenters. The summed E-state index contributed by atoms with van der Waals surface area (Å²) < 4.78 is 41.8. The summed E-state index contributed by atoms with van der Waals surface area (Å²) in [7, 11) is 0. The Balaban J connectivity index is 1.31. The molecule has 1 N–H and O–H groups in total. The van der Waals surface area contributed by atoms with E-state index in [2.05, 4.69) is 5.32 Å². The van der Waals surface area contributed by atoms with Crippen LogP contribution in [0.4, 0.5) is 8.78 Å². The van der Waals surface area contributed by atoms with Crippen LogP contribution < -0.4 is 15.5 Å². The zero-order valence-corrected chi connectivity index (χ0v) is 21.6. The van der Waals surface area contributed by atoms with Crippen molar-refractivity contribution in [2.24, 2.45) is 0 Å². The van der Waals surface area contributed by atoms with Crippen molar-refractivity contribution in [3.63, 3.8) is 0 Å². The second kappa shape index (κ2) is 9.55. The summed E-state index contributed by atoms with van der Waals surface area (Å²) in [6.45, 7) is -0.204. The summed E-state index contributed by atoms with van der Waals surface area (Å²) in [6, 6.07) is 12.1. The Morgan fingerprint density at radius 3 is 2.70 bits per heavy atom. The van der Waals surface area contributed by atoms with Crippen LogP contribution in [0.5, 0.6) is 5.75 Å². The van der Waals surface area contributed by atoms with Gasteiger partial charge in [0.2, 0.25) is 5.43 Å². The van der Waals surface area contributed by atoms with Gasteiger partial charge in [-0.05, 0) is 43.7 Å². The van der Waals surface area contributed by atoms with E-state index in [9.17, 15) is 23.2 Å². The monoisotopic (exact) mass is 547 g/mol. The number of ether oxygens (including phenoxy) is 2. The van der Waals surface area contributed by atoms with Crippen molar-refractivity contribution in [3.05, 3.63) is 98.5 Å². The van der Waals surface area contributed by atoms with E-state index >= 15 is 0 Å². The van der Waals surface area contributed by atoms with Crippen molar-refractivity contribution in [2.75, 3.05) is 0 Å². The Bertz CT molecular complexity index is 1590. The van der Waals surface area contributed by atoms with E-state index in [1.165, 1.54) is 6.07 Å². The highest BCUT2D eigenvalue weighted by atomic mass is 19.1. The normalized spacial score (nSPS) is 24.1. The van der Waals surface area contributed by atoms with Gasteiger partial charge < -0.3 is 24.3 Å². The lowest BCUT2D eigenvalue weighted by atomic mass is 10.0. The maximum Gasteiger partial charge on any atom is 0.276 e. The smallest absolute Gasteiger partial charge is 0.276 e. The van der Waals surface area contributed by atoms with Gasteiger partial charge in [0.1, 0.15) is 23.8 Å². The third kappa shape index (κ3) is 3.92. The molecule has 1 saturated heterocycles. The second-order valence-electron chi connectivity index (χ2n) is 10.8. The van der Waals surface area contributed by atoms with Gasteiger partial charge in [-0.25, -0.2) is 8.78 Å². The number of aromatic nitrogens is 1. The highest BCUT2D eigenvalue weighted by Gasteiger charge is 2.54. The van der Waals surface area contributed by atoms with E-state index in [1.54, 1.807) is 9.47 Å². The number of fused-ring (bicyclic) bond motifs is 5. The average molecular weight is 548 g/mol. The lowest BCUT2D eigenvalue weighted by molar-refractivity contribution is -0.147. The minimum absolute atomic E-state index is 0.0354. The van der Waals surface area contributed by atoms with E-state index in [4.69, 9.17) is 9.47 Å². The minimum atomic E-state index is -0.797. The number of hydrogen-bond donors (Lipinski definition) is 1. The first-order valence-corrected chi connectivity index (χ1v) is 13.6. The largest absolute Gasteiger partial charge is 0.483 e. The molecule has 0 radical (unpaired) electrons. The molecule has 2 fully saturated rings. The van der Waals surface area contributed by atoms with Gasteiger partial charge in [0.25, 0.3) is 11.8 Å². The fraction of sp³-hybridized carbons (Fsp3) is 0.367. The molecular weight excluding hydrogens is 520 g/mol. The maximum absolute atomic E-state index is 14.2. The Morgan fingerprint density at radius 2 is 1.90 bits per heavy atom. The highest BCUT2D eigenvalue weighted by molar-refractivity contribution is 6.01. The van der Waals surface area contributed by atoms with Crippen LogP contribution in [0, 0.1) is 11.6 Å². The molecule has 8 nitrogen and oxygen atoms in total. The molecule has 206 valence electrons. The molecule has 2 aromatic carbocycles. The molecule has 2 bridgehead atoms. The number of halogens is 2. The van der Waals surface area contributed by atoms with Crippen LogP contribution in [0.1, 0.15) is 69.4 Å². The van der Waals surface area contributed by atoms with Gasteiger partial charge in [-0.1, -0.05) is 36.4 Å². The number of carbonyl (C=O) groups is 2. The Hall–Kier alpha value is -4.05. The first-order chi connectivity index (χ1) is 19.4. The molecular formula is C30H27F2N3O5. The van der Waals surface area contributed by atoms with Crippen molar-refractivity contribution in [1.29, 1.82) is 0 Å². The van der Waals surface area contributed by atoms with Crippen molar-refractivity contribution in [2.45, 2.75) is 69.7 Å². The Labute approximate surface area is 228 Å². The quantitative estimate of drug-likeness (QED) is 0.507. The van der Waals surface area contributed by atoms with E-state index in [1.807, 2.05) is 30.3 Å². The first kappa shape index (κ1) is 25.0. The number of nitrogens with zero attached hydrogens (tertiary/aromatic N) is 2. The standard InChI is InChI=1S/C30H27F2N3O5/c31-18-7-6-17(21(32)12-18)14-33-28(37)24-22-10-11-23-30-34(19-8-9-20(13-19)40-30)29(38)25(35(22)23)27(26(24)36)39-15-16-4-2-1-3-5-16/h1-7,12,19-20,23,30H,8-11,13-15H2,(H,33,37). The molecule has 40 heavy (non-hydrogen) atoms. The molecule has 1 aliphatic carbocycles. The summed E-state index contributed by atoms with van der Waals surface area (Å²) in [5.74, 6) is -2.72. The summed E-state index contributed by atoms with van der Waals surface area (Å²) in [4.78, 5) is 43.3. The lowest BCUT2D eigenvalue weighted by Gasteiger charge is -2.47. The van der Waals surface area contributed by atoms with Gasteiger partial charge in [0.15, 0.2) is 17.7 Å². The number of amides is 2. The fourth-order valence-corrected chi connectivity index (χ4v) is 6.68.